The number of hydrogen-bond donors (Lipinski definition) is 1. The lowest BCUT2D eigenvalue weighted by Gasteiger charge is -2.10. The molecule has 3 aromatic heterocycles. The summed E-state index contributed by atoms with van der Waals surface area (Å²) in [5.74, 6) is 0.975. The van der Waals surface area contributed by atoms with Crippen LogP contribution in [0.4, 0.5) is 0 Å². The highest BCUT2D eigenvalue weighted by molar-refractivity contribution is 6.28. The molecule has 3 heterocycles. The van der Waals surface area contributed by atoms with Gasteiger partial charge in [0.1, 0.15) is 0 Å². The lowest BCUT2D eigenvalue weighted by atomic mass is 10.1. The van der Waals surface area contributed by atoms with E-state index in [0.717, 1.165) is 24.0 Å². The number of fused-ring (bicyclic) bond motifs is 1. The Morgan fingerprint density at radius 2 is 1.81 bits per heavy atom. The van der Waals surface area contributed by atoms with E-state index in [4.69, 9.17) is 16.1 Å². The third kappa shape index (κ3) is 4.32. The van der Waals surface area contributed by atoms with E-state index in [-0.39, 0.29) is 23.0 Å². The summed E-state index contributed by atoms with van der Waals surface area (Å²) in [6.45, 7) is 4.74. The lowest BCUT2D eigenvalue weighted by Crippen LogP contribution is -2.40. The zero-order valence-electron chi connectivity index (χ0n) is 17.4. The Bertz CT molecular complexity index is 1320. The molecule has 162 valence electrons. The van der Waals surface area contributed by atoms with Crippen molar-refractivity contribution in [1.82, 2.24) is 29.2 Å². The van der Waals surface area contributed by atoms with Crippen LogP contribution in [0.15, 0.2) is 38.4 Å². The van der Waals surface area contributed by atoms with Crippen LogP contribution in [0.5, 0.6) is 0 Å². The second kappa shape index (κ2) is 8.89. The number of nitrogens with zero attached hydrogens (tertiary/aromatic N) is 5. The van der Waals surface area contributed by atoms with Crippen LogP contribution in [0.2, 0.25) is 5.28 Å². The summed E-state index contributed by atoms with van der Waals surface area (Å²) < 4.78 is 8.06. The molecule has 10 heteroatoms. The Labute approximate surface area is 182 Å². The molecule has 4 aromatic rings. The molecule has 0 saturated carbocycles. The van der Waals surface area contributed by atoms with Gasteiger partial charge < -0.3 is 9.51 Å². The number of aryl methyl sites for hydroxylation is 3. The van der Waals surface area contributed by atoms with Gasteiger partial charge in [-0.3, -0.25) is 13.9 Å². The molecule has 0 amide bonds. The van der Waals surface area contributed by atoms with E-state index in [2.05, 4.69) is 20.1 Å². The van der Waals surface area contributed by atoms with Crippen LogP contribution in [-0.4, -0.2) is 29.2 Å². The highest BCUT2D eigenvalue weighted by Crippen LogP contribution is 2.18. The number of nitrogens with one attached hydrogen (secondary N) is 1. The predicted octanol–water partition coefficient (Wildman–Crippen LogP) is 3.33. The molecule has 0 aliphatic heterocycles. The molecule has 0 saturated heterocycles. The van der Waals surface area contributed by atoms with E-state index in [1.54, 1.807) is 0 Å². The van der Waals surface area contributed by atoms with Crippen LogP contribution in [0.25, 0.3) is 22.6 Å². The Hall–Kier alpha value is -3.20. The van der Waals surface area contributed by atoms with Gasteiger partial charge in [0.25, 0.3) is 11.4 Å². The number of hydrogen-bond acceptors (Lipinski definition) is 6. The highest BCUT2D eigenvalue weighted by atomic mass is 35.5. The van der Waals surface area contributed by atoms with Crippen molar-refractivity contribution < 1.29 is 4.52 Å². The zero-order chi connectivity index (χ0) is 22.0. The van der Waals surface area contributed by atoms with Gasteiger partial charge in [-0.05, 0) is 43.5 Å². The molecule has 1 N–H and O–H groups in total. The maximum atomic E-state index is 13.0. The summed E-state index contributed by atoms with van der Waals surface area (Å²) in [4.78, 5) is 37.1. The minimum Gasteiger partial charge on any atom is -0.334 e. The molecule has 0 spiro atoms. The fourth-order valence-corrected chi connectivity index (χ4v) is 3.59. The zero-order valence-corrected chi connectivity index (χ0v) is 18.1. The van der Waals surface area contributed by atoms with Gasteiger partial charge in [-0.15, -0.1) is 0 Å². The van der Waals surface area contributed by atoms with Crippen LogP contribution in [-0.2, 0) is 19.5 Å². The second-order valence-corrected chi connectivity index (χ2v) is 7.81. The van der Waals surface area contributed by atoms with E-state index >= 15 is 0 Å². The number of rotatable bonds is 8. The van der Waals surface area contributed by atoms with Crippen LogP contribution in [0.1, 0.15) is 37.6 Å². The Kier molecular flexibility index (Phi) is 6.03. The molecule has 9 nitrogen and oxygen atoms in total. The molecule has 1 aromatic carbocycles. The molecular formula is C21H23ClN6O3. The molecule has 4 rings (SSSR count). The molecule has 0 bridgehead atoms. The van der Waals surface area contributed by atoms with Crippen molar-refractivity contribution in [3.8, 4) is 11.5 Å². The van der Waals surface area contributed by atoms with E-state index < -0.39 is 5.56 Å². The Morgan fingerprint density at radius 3 is 2.55 bits per heavy atom. The van der Waals surface area contributed by atoms with Crippen molar-refractivity contribution in [2.45, 2.75) is 52.6 Å². The molecular weight excluding hydrogens is 420 g/mol. The highest BCUT2D eigenvalue weighted by Gasteiger charge is 2.17. The maximum absolute atomic E-state index is 13.0. The first-order valence-corrected chi connectivity index (χ1v) is 10.6. The number of unbranched alkanes of at least 4 members (excludes halogenated alkanes) is 1. The van der Waals surface area contributed by atoms with Crippen molar-refractivity contribution in [1.29, 1.82) is 0 Å². The van der Waals surface area contributed by atoms with Crippen LogP contribution in [0.3, 0.4) is 0 Å². The average Bonchev–Trinajstić information content (AvgIpc) is 3.38. The predicted molar refractivity (Wildman–Crippen MR) is 117 cm³/mol. The smallest absolute Gasteiger partial charge is 0.332 e. The number of benzene rings is 1. The van der Waals surface area contributed by atoms with Crippen molar-refractivity contribution in [3.05, 3.63) is 61.8 Å². The van der Waals surface area contributed by atoms with Crippen LogP contribution in [0, 0.1) is 6.92 Å². The SMILES string of the molecule is CCCCn1c(=O)n(CCCc2noc(-c3ccc(C)cc3)n2)c(=O)c2[nH]c(Cl)nc21. The van der Waals surface area contributed by atoms with Crippen molar-refractivity contribution >= 4 is 22.8 Å². The van der Waals surface area contributed by atoms with E-state index in [1.165, 1.54) is 9.13 Å². The fraction of sp³-hybridized carbons (Fsp3) is 0.381. The van der Waals surface area contributed by atoms with Gasteiger partial charge in [0.05, 0.1) is 0 Å². The van der Waals surface area contributed by atoms with Gasteiger partial charge in [0, 0.05) is 25.1 Å². The van der Waals surface area contributed by atoms with Crippen LogP contribution >= 0.6 is 11.6 Å². The summed E-state index contributed by atoms with van der Waals surface area (Å²) in [6.07, 6.45) is 2.68. The van der Waals surface area contributed by atoms with Gasteiger partial charge >= 0.3 is 5.69 Å². The quantitative estimate of drug-likeness (QED) is 0.419. The van der Waals surface area contributed by atoms with E-state index in [9.17, 15) is 9.59 Å². The first-order chi connectivity index (χ1) is 15.0. The summed E-state index contributed by atoms with van der Waals surface area (Å²) >= 11 is 5.95. The molecule has 0 unspecified atom stereocenters. The van der Waals surface area contributed by atoms with Crippen molar-refractivity contribution in [3.63, 3.8) is 0 Å². The minimum absolute atomic E-state index is 0.0879. The molecule has 0 atom stereocenters. The minimum atomic E-state index is -0.430. The van der Waals surface area contributed by atoms with Gasteiger partial charge in [0.2, 0.25) is 5.28 Å². The van der Waals surface area contributed by atoms with E-state index in [0.29, 0.717) is 36.7 Å². The third-order valence-corrected chi connectivity index (χ3v) is 5.30. The molecule has 0 radical (unpaired) electrons. The molecule has 31 heavy (non-hydrogen) atoms. The third-order valence-electron chi connectivity index (χ3n) is 5.12. The van der Waals surface area contributed by atoms with Crippen LogP contribution < -0.4 is 11.2 Å². The first kappa shape index (κ1) is 21.0. The normalized spacial score (nSPS) is 11.5. The number of halogens is 1. The lowest BCUT2D eigenvalue weighted by molar-refractivity contribution is 0.420. The van der Waals surface area contributed by atoms with Gasteiger partial charge in [-0.1, -0.05) is 36.2 Å². The molecule has 0 fully saturated rings. The number of imidazole rings is 1. The van der Waals surface area contributed by atoms with Gasteiger partial charge in [0.15, 0.2) is 17.0 Å². The summed E-state index contributed by atoms with van der Waals surface area (Å²) in [7, 11) is 0. The standard InChI is InChI=1S/C21H23ClN6O3/c1-3-4-11-27-17-16(24-20(22)25-17)19(29)28(21(27)30)12-5-6-15-23-18(31-26-15)14-9-7-13(2)8-10-14/h7-10H,3-6,11-12H2,1-2H3,(H,24,25). The largest absolute Gasteiger partial charge is 0.334 e. The van der Waals surface area contributed by atoms with Crippen molar-refractivity contribution in [2.75, 3.05) is 0 Å². The van der Waals surface area contributed by atoms with Gasteiger partial charge in [-0.25, -0.2) is 4.79 Å². The second-order valence-electron chi connectivity index (χ2n) is 7.46. The number of H-pyrrole nitrogens is 1. The maximum Gasteiger partial charge on any atom is 0.332 e. The fourth-order valence-electron chi connectivity index (χ4n) is 3.42. The number of aromatic amines is 1. The summed E-state index contributed by atoms with van der Waals surface area (Å²) in [6, 6.07) is 7.81. The topological polar surface area (TPSA) is 112 Å². The number of aromatic nitrogens is 6. The summed E-state index contributed by atoms with van der Waals surface area (Å²) in [5.41, 5.74) is 1.71. The summed E-state index contributed by atoms with van der Waals surface area (Å²) in [5, 5.41) is 4.10. The van der Waals surface area contributed by atoms with Gasteiger partial charge in [-0.2, -0.15) is 9.97 Å². The Morgan fingerprint density at radius 1 is 1.06 bits per heavy atom. The molecule has 0 aliphatic rings. The first-order valence-electron chi connectivity index (χ1n) is 10.3. The Balaban J connectivity index is 1.53. The van der Waals surface area contributed by atoms with Crippen molar-refractivity contribution in [2.24, 2.45) is 0 Å². The monoisotopic (exact) mass is 442 g/mol. The molecule has 0 aliphatic carbocycles. The van der Waals surface area contributed by atoms with E-state index in [1.807, 2.05) is 38.1 Å². The average molecular weight is 443 g/mol.